The Balaban J connectivity index is 2.10. The molecule has 1 aromatic carbocycles. The third kappa shape index (κ3) is 4.18. The summed E-state index contributed by atoms with van der Waals surface area (Å²) in [5, 5.41) is 9.60. The zero-order valence-electron chi connectivity index (χ0n) is 15.2. The number of benzene rings is 1. The molecule has 1 fully saturated rings. The molecule has 2 N–H and O–H groups in total. The molecule has 9 heteroatoms. The van der Waals surface area contributed by atoms with Crippen molar-refractivity contribution in [3.05, 3.63) is 41.1 Å². The van der Waals surface area contributed by atoms with Crippen molar-refractivity contribution in [3.63, 3.8) is 0 Å². The average molecular weight is 387 g/mol. The van der Waals surface area contributed by atoms with Crippen LogP contribution in [0.1, 0.15) is 29.3 Å². The van der Waals surface area contributed by atoms with Crippen molar-refractivity contribution in [2.75, 3.05) is 36.6 Å². The van der Waals surface area contributed by atoms with Crippen molar-refractivity contribution in [2.24, 2.45) is 0 Å². The van der Waals surface area contributed by atoms with Gasteiger partial charge < -0.3 is 15.4 Å². The van der Waals surface area contributed by atoms with Crippen LogP contribution in [-0.4, -0.2) is 44.4 Å². The number of nitrogen functional groups attached to an aromatic ring is 1. The molecule has 1 aromatic heterocycles. The second kappa shape index (κ2) is 7.50. The number of nitrogens with zero attached hydrogens (tertiary/aromatic N) is 4. The lowest BCUT2D eigenvalue weighted by atomic mass is 10.00. The molecule has 0 aliphatic carbocycles. The van der Waals surface area contributed by atoms with Gasteiger partial charge in [0.05, 0.1) is 29.2 Å². The maximum absolute atomic E-state index is 11.8. The average Bonchev–Trinajstić information content (AvgIpc) is 2.85. The zero-order valence-corrected chi connectivity index (χ0v) is 16.0. The standard InChI is InChI=1S/C18H21N5O3S/c1-12-8-17(22-18(20)21-12)23-6-3-7-26-11-16(23)15-5-4-14(27(2,24)25)9-13(15)10-19/h4-5,8-9,16H,3,6-7,11H2,1-2H3,(H2,20,21,22). The maximum atomic E-state index is 11.8. The molecule has 1 unspecified atom stereocenters. The largest absolute Gasteiger partial charge is 0.379 e. The third-order valence-corrected chi connectivity index (χ3v) is 5.53. The Kier molecular flexibility index (Phi) is 5.30. The molecule has 0 bridgehead atoms. The molecule has 1 aliphatic heterocycles. The molecular formula is C18H21N5O3S. The number of rotatable bonds is 3. The highest BCUT2D eigenvalue weighted by molar-refractivity contribution is 7.90. The third-order valence-electron chi connectivity index (χ3n) is 4.42. The number of ether oxygens (including phenoxy) is 1. The second-order valence-electron chi connectivity index (χ2n) is 6.50. The Morgan fingerprint density at radius 3 is 2.78 bits per heavy atom. The number of aryl methyl sites for hydroxylation is 1. The van der Waals surface area contributed by atoms with E-state index in [1.54, 1.807) is 6.07 Å². The van der Waals surface area contributed by atoms with Crippen LogP contribution in [0.25, 0.3) is 0 Å². The quantitative estimate of drug-likeness (QED) is 0.843. The Morgan fingerprint density at radius 2 is 2.11 bits per heavy atom. The normalized spacial score (nSPS) is 18.0. The van der Waals surface area contributed by atoms with Gasteiger partial charge in [0.1, 0.15) is 5.82 Å². The first-order chi connectivity index (χ1) is 12.8. The Hall–Kier alpha value is -2.70. The van der Waals surface area contributed by atoms with E-state index in [1.165, 1.54) is 12.1 Å². The molecule has 27 heavy (non-hydrogen) atoms. The first-order valence-electron chi connectivity index (χ1n) is 8.49. The summed E-state index contributed by atoms with van der Waals surface area (Å²) < 4.78 is 29.4. The maximum Gasteiger partial charge on any atom is 0.222 e. The fraction of sp³-hybridized carbons (Fsp3) is 0.389. The molecular weight excluding hydrogens is 366 g/mol. The molecule has 0 amide bonds. The molecule has 0 radical (unpaired) electrons. The summed E-state index contributed by atoms with van der Waals surface area (Å²) in [4.78, 5) is 10.6. The van der Waals surface area contributed by atoms with E-state index in [2.05, 4.69) is 16.0 Å². The van der Waals surface area contributed by atoms with Crippen molar-refractivity contribution in [1.29, 1.82) is 5.26 Å². The van der Waals surface area contributed by atoms with Crippen molar-refractivity contribution in [2.45, 2.75) is 24.3 Å². The Bertz CT molecular complexity index is 980. The van der Waals surface area contributed by atoms with Crippen molar-refractivity contribution >= 4 is 21.6 Å². The van der Waals surface area contributed by atoms with Crippen molar-refractivity contribution < 1.29 is 13.2 Å². The fourth-order valence-corrected chi connectivity index (χ4v) is 3.83. The minimum absolute atomic E-state index is 0.117. The predicted molar refractivity (Wildman–Crippen MR) is 101 cm³/mol. The van der Waals surface area contributed by atoms with E-state index < -0.39 is 9.84 Å². The van der Waals surface area contributed by atoms with Crippen molar-refractivity contribution in [1.82, 2.24) is 9.97 Å². The Morgan fingerprint density at radius 1 is 1.33 bits per heavy atom. The first kappa shape index (κ1) is 19.1. The van der Waals surface area contributed by atoms with Gasteiger partial charge in [-0.1, -0.05) is 6.07 Å². The first-order valence-corrected chi connectivity index (χ1v) is 10.4. The minimum Gasteiger partial charge on any atom is -0.379 e. The molecule has 3 rings (SSSR count). The van der Waals surface area contributed by atoms with Crippen LogP contribution in [0, 0.1) is 18.3 Å². The monoisotopic (exact) mass is 387 g/mol. The van der Waals surface area contributed by atoms with Crippen LogP contribution in [0.15, 0.2) is 29.2 Å². The van der Waals surface area contributed by atoms with Crippen LogP contribution in [0.5, 0.6) is 0 Å². The van der Waals surface area contributed by atoms with E-state index in [-0.39, 0.29) is 16.9 Å². The van der Waals surface area contributed by atoms with Crippen LogP contribution in [0.2, 0.25) is 0 Å². The van der Waals surface area contributed by atoms with E-state index in [1.807, 2.05) is 17.9 Å². The molecule has 0 saturated carbocycles. The summed E-state index contributed by atoms with van der Waals surface area (Å²) in [5.74, 6) is 0.841. The zero-order chi connectivity index (χ0) is 19.6. The second-order valence-corrected chi connectivity index (χ2v) is 8.51. The highest BCUT2D eigenvalue weighted by Crippen LogP contribution is 2.32. The number of nitriles is 1. The van der Waals surface area contributed by atoms with Gasteiger partial charge in [-0.05, 0) is 31.0 Å². The molecule has 2 aromatic rings. The molecule has 1 atom stereocenters. The summed E-state index contributed by atoms with van der Waals surface area (Å²) in [7, 11) is -3.40. The summed E-state index contributed by atoms with van der Waals surface area (Å²) in [6, 6.07) is 8.28. The van der Waals surface area contributed by atoms with Gasteiger partial charge in [-0.15, -0.1) is 0 Å². The predicted octanol–water partition coefficient (Wildman–Crippen LogP) is 1.61. The summed E-state index contributed by atoms with van der Waals surface area (Å²) in [6.45, 7) is 3.46. The smallest absolute Gasteiger partial charge is 0.222 e. The van der Waals surface area contributed by atoms with E-state index in [4.69, 9.17) is 10.5 Å². The number of hydrogen-bond acceptors (Lipinski definition) is 8. The highest BCUT2D eigenvalue weighted by Gasteiger charge is 2.28. The number of aromatic nitrogens is 2. The molecule has 2 heterocycles. The van der Waals surface area contributed by atoms with E-state index >= 15 is 0 Å². The summed E-state index contributed by atoms with van der Waals surface area (Å²) in [5.41, 5.74) is 7.56. The molecule has 1 saturated heterocycles. The number of anilines is 2. The summed E-state index contributed by atoms with van der Waals surface area (Å²) >= 11 is 0. The van der Waals surface area contributed by atoms with E-state index in [0.717, 1.165) is 18.4 Å². The molecule has 142 valence electrons. The van der Waals surface area contributed by atoms with Crippen LogP contribution in [0.4, 0.5) is 11.8 Å². The minimum atomic E-state index is -3.40. The van der Waals surface area contributed by atoms with E-state index in [9.17, 15) is 13.7 Å². The van der Waals surface area contributed by atoms with Crippen LogP contribution >= 0.6 is 0 Å². The van der Waals surface area contributed by atoms with Gasteiger partial charge in [-0.2, -0.15) is 10.2 Å². The van der Waals surface area contributed by atoms with Crippen LogP contribution in [0.3, 0.4) is 0 Å². The van der Waals surface area contributed by atoms with Crippen LogP contribution < -0.4 is 10.6 Å². The SMILES string of the molecule is Cc1cc(N2CCCOCC2c2ccc(S(C)(=O)=O)cc2C#N)nc(N)n1. The molecule has 1 aliphatic rings. The molecule has 0 spiro atoms. The highest BCUT2D eigenvalue weighted by atomic mass is 32.2. The van der Waals surface area contributed by atoms with Gasteiger partial charge in [0.15, 0.2) is 9.84 Å². The number of sulfone groups is 1. The van der Waals surface area contributed by atoms with Gasteiger partial charge in [-0.25, -0.2) is 13.4 Å². The van der Waals surface area contributed by atoms with Crippen LogP contribution in [-0.2, 0) is 14.6 Å². The number of nitrogens with two attached hydrogens (primary N) is 1. The van der Waals surface area contributed by atoms with Gasteiger partial charge in [0, 0.05) is 31.2 Å². The molecule has 8 nitrogen and oxygen atoms in total. The lowest BCUT2D eigenvalue weighted by Gasteiger charge is -2.31. The topological polar surface area (TPSA) is 122 Å². The Labute approximate surface area is 158 Å². The van der Waals surface area contributed by atoms with Crippen molar-refractivity contribution in [3.8, 4) is 6.07 Å². The van der Waals surface area contributed by atoms with Gasteiger partial charge in [0.25, 0.3) is 0 Å². The van der Waals surface area contributed by atoms with E-state index in [0.29, 0.717) is 36.7 Å². The fourth-order valence-electron chi connectivity index (χ4n) is 3.18. The van der Waals surface area contributed by atoms with Gasteiger partial charge >= 0.3 is 0 Å². The summed E-state index contributed by atoms with van der Waals surface area (Å²) in [6.07, 6.45) is 1.92. The lowest BCUT2D eigenvalue weighted by Crippen LogP contribution is -2.32. The lowest BCUT2D eigenvalue weighted by molar-refractivity contribution is 0.134. The number of hydrogen-bond donors (Lipinski definition) is 1. The van der Waals surface area contributed by atoms with Gasteiger partial charge in [-0.3, -0.25) is 0 Å². The van der Waals surface area contributed by atoms with Gasteiger partial charge in [0.2, 0.25) is 5.95 Å².